The highest BCUT2D eigenvalue weighted by atomic mass is 16.6. The normalized spacial score (nSPS) is 39.8. The summed E-state index contributed by atoms with van der Waals surface area (Å²) < 4.78 is 36.4. The SMILES string of the molecule is C#CCO/N=C1\[C@H](C)C[C@H](C)/C=C/C=C/C=C(\C)[C@@H](OC)C[C@@H]2CC[C@@H](C)[C@@](O)(O2)C(=O)C(=O)N2CCCC[C@H]2C(=O)O[C@H]([C@H](C)C[C@@H]2CC[C@@H](O)[C@H](OC)C2)C[C@@H](OC)[C@H](C)/C=C(\C)[C@@H](O)[C@H]1OC. The van der Waals surface area contributed by atoms with Gasteiger partial charge in [-0.25, -0.2) is 4.79 Å². The van der Waals surface area contributed by atoms with E-state index in [1.807, 2.05) is 65.0 Å². The van der Waals surface area contributed by atoms with E-state index in [4.69, 9.17) is 39.7 Å². The number of allylic oxidation sites excluding steroid dienone is 5. The second-order valence-electron chi connectivity index (χ2n) is 20.6. The molecule has 1 aliphatic carbocycles. The van der Waals surface area contributed by atoms with Crippen molar-refractivity contribution < 1.29 is 63.0 Å². The molecule has 4 aliphatic rings. The number of carbonyl (C=O) groups excluding carboxylic acids is 3. The number of nitrogens with zero attached hydrogens (tertiary/aromatic N) is 2. The van der Waals surface area contributed by atoms with Gasteiger partial charge in [0, 0.05) is 65.6 Å². The van der Waals surface area contributed by atoms with Gasteiger partial charge < -0.3 is 53.5 Å². The van der Waals surface area contributed by atoms with Crippen LogP contribution in [0.4, 0.5) is 0 Å². The Kier molecular flexibility index (Phi) is 24.0. The molecule has 1 amide bonds. The van der Waals surface area contributed by atoms with Crippen molar-refractivity contribution in [1.29, 1.82) is 0 Å². The first-order valence-electron chi connectivity index (χ1n) is 25.6. The maximum Gasteiger partial charge on any atom is 0.329 e. The zero-order valence-electron chi connectivity index (χ0n) is 43.9. The Morgan fingerprint density at radius 2 is 1.60 bits per heavy atom. The van der Waals surface area contributed by atoms with Gasteiger partial charge in [0.25, 0.3) is 11.7 Å². The summed E-state index contributed by atoms with van der Waals surface area (Å²) in [6, 6.07) is -1.07. The number of aliphatic hydroxyl groups excluding tert-OH is 2. The van der Waals surface area contributed by atoms with E-state index in [2.05, 4.69) is 24.1 Å². The fraction of sp³-hybridized carbons (Fsp3) is 0.745. The summed E-state index contributed by atoms with van der Waals surface area (Å²) in [5, 5.41) is 39.0. The zero-order chi connectivity index (χ0) is 51.7. The van der Waals surface area contributed by atoms with E-state index >= 15 is 0 Å². The fourth-order valence-corrected chi connectivity index (χ4v) is 10.9. The van der Waals surface area contributed by atoms with Crippen LogP contribution in [-0.2, 0) is 47.6 Å². The first-order valence-corrected chi connectivity index (χ1v) is 25.6. The number of ether oxygens (including phenoxy) is 6. The van der Waals surface area contributed by atoms with Crippen molar-refractivity contribution in [2.75, 3.05) is 41.6 Å². The number of Topliss-reactive ketones (excluding diaryl/α,β-unsaturated/α-hetero) is 1. The molecule has 1 saturated carbocycles. The first-order chi connectivity index (χ1) is 33.3. The molecule has 2 bridgehead atoms. The topological polar surface area (TPSA) is 192 Å². The van der Waals surface area contributed by atoms with Gasteiger partial charge in [-0.1, -0.05) is 82.2 Å². The van der Waals surface area contributed by atoms with Crippen molar-refractivity contribution in [2.24, 2.45) is 40.7 Å². The molecular formula is C55H86N2O13. The number of oxime groups is 1. The van der Waals surface area contributed by atoms with Gasteiger partial charge in [-0.3, -0.25) is 9.59 Å². The molecule has 0 radical (unpaired) electrons. The van der Waals surface area contributed by atoms with Crippen LogP contribution in [0.2, 0.25) is 0 Å². The van der Waals surface area contributed by atoms with Crippen LogP contribution in [-0.4, -0.2) is 146 Å². The Labute approximate surface area is 418 Å². The molecule has 0 aromatic heterocycles. The third-order valence-corrected chi connectivity index (χ3v) is 15.3. The number of rotatable bonds is 9. The van der Waals surface area contributed by atoms with Gasteiger partial charge in [0.15, 0.2) is 6.61 Å². The second-order valence-corrected chi connectivity index (χ2v) is 20.6. The van der Waals surface area contributed by atoms with Crippen LogP contribution in [0.15, 0.2) is 52.8 Å². The van der Waals surface area contributed by atoms with Gasteiger partial charge in [-0.2, -0.15) is 0 Å². The van der Waals surface area contributed by atoms with E-state index < -0.39 is 78.1 Å². The number of piperidine rings is 1. The van der Waals surface area contributed by atoms with Gasteiger partial charge >= 0.3 is 5.97 Å². The van der Waals surface area contributed by atoms with Gasteiger partial charge in [0.2, 0.25) is 5.79 Å². The van der Waals surface area contributed by atoms with Crippen LogP contribution >= 0.6 is 0 Å². The molecule has 394 valence electrons. The van der Waals surface area contributed by atoms with Gasteiger partial charge in [0.1, 0.15) is 24.4 Å². The number of hydrogen-bond acceptors (Lipinski definition) is 14. The largest absolute Gasteiger partial charge is 0.460 e. The second kappa shape index (κ2) is 28.5. The van der Waals surface area contributed by atoms with E-state index in [9.17, 15) is 29.7 Å². The van der Waals surface area contributed by atoms with E-state index in [0.717, 1.165) is 12.0 Å². The molecule has 0 aromatic carbocycles. The standard InChI is InChI=1S/C55H86N2O13/c1-13-27-68-56-49-38(6)28-34(2)19-15-14-16-20-35(3)45(64-9)32-42-24-22-40(8)55(63,70-42)52(60)53(61)57-26-18-17-21-43(57)54(62)69-47(37(5)30-41-23-25-44(58)48(31-41)66-11)33-46(65-10)36(4)29-39(7)50(59)51(49)67-12/h1,14-16,19-20,29,34,36-38,40-48,50-51,58-59,63H,17-18,21-28,30-33H2,2-12H3/b16-14+,19-15+,35-20+,39-29+,56-49+/t34-,36-,37-,38-,40-,41+,42+,43+,44-,45+,46-,47+,48-,50-,51+,55-/m1/s1. The van der Waals surface area contributed by atoms with Crippen LogP contribution in [0.1, 0.15) is 126 Å². The van der Waals surface area contributed by atoms with Crippen LogP contribution in [0.3, 0.4) is 0 Å². The summed E-state index contributed by atoms with van der Waals surface area (Å²) >= 11 is 0. The van der Waals surface area contributed by atoms with Crippen molar-refractivity contribution in [3.63, 3.8) is 0 Å². The number of fused-ring (bicyclic) bond motifs is 3. The van der Waals surface area contributed by atoms with Crippen LogP contribution in [0.25, 0.3) is 0 Å². The summed E-state index contributed by atoms with van der Waals surface area (Å²) in [6.07, 6.45) is 18.6. The van der Waals surface area contributed by atoms with Crippen LogP contribution in [0.5, 0.6) is 0 Å². The molecular weight excluding hydrogens is 897 g/mol. The number of hydrogen-bond donors (Lipinski definition) is 3. The number of ketones is 1. The van der Waals surface area contributed by atoms with E-state index in [-0.39, 0.29) is 61.7 Å². The van der Waals surface area contributed by atoms with Crippen molar-refractivity contribution >= 4 is 23.4 Å². The van der Waals surface area contributed by atoms with Crippen molar-refractivity contribution in [3.05, 3.63) is 47.6 Å². The average Bonchev–Trinajstić information content (AvgIpc) is 3.34. The smallest absolute Gasteiger partial charge is 0.329 e. The Bertz CT molecular complexity index is 1890. The van der Waals surface area contributed by atoms with Crippen molar-refractivity contribution in [1.82, 2.24) is 4.90 Å². The molecule has 70 heavy (non-hydrogen) atoms. The lowest BCUT2D eigenvalue weighted by Gasteiger charge is -2.43. The summed E-state index contributed by atoms with van der Waals surface area (Å²) in [7, 11) is 6.32. The Morgan fingerprint density at radius 3 is 2.27 bits per heavy atom. The molecule has 3 heterocycles. The highest BCUT2D eigenvalue weighted by Gasteiger charge is 2.53. The molecule has 4 rings (SSSR count). The van der Waals surface area contributed by atoms with Crippen molar-refractivity contribution in [2.45, 2.75) is 186 Å². The number of methoxy groups -OCH3 is 4. The van der Waals surface area contributed by atoms with Gasteiger partial charge in [-0.05, 0) is 107 Å². The molecule has 3 aliphatic heterocycles. The Balaban J connectivity index is 1.77. The van der Waals surface area contributed by atoms with Crippen LogP contribution < -0.4 is 0 Å². The number of amides is 1. The molecule has 3 N–H and O–H groups in total. The van der Waals surface area contributed by atoms with Gasteiger partial charge in [0.05, 0.1) is 36.2 Å². The van der Waals surface area contributed by atoms with Crippen LogP contribution in [0, 0.1) is 47.9 Å². The van der Waals surface area contributed by atoms with E-state index in [0.29, 0.717) is 69.1 Å². The molecule has 15 nitrogen and oxygen atoms in total. The molecule has 0 aromatic rings. The zero-order valence-corrected chi connectivity index (χ0v) is 43.9. The third kappa shape index (κ3) is 15.9. The summed E-state index contributed by atoms with van der Waals surface area (Å²) in [4.78, 5) is 50.1. The average molecular weight is 983 g/mol. The Hall–Kier alpha value is -3.72. The summed E-state index contributed by atoms with van der Waals surface area (Å²) in [5.74, 6) is -3.77. The lowest BCUT2D eigenvalue weighted by molar-refractivity contribution is -0.265. The third-order valence-electron chi connectivity index (χ3n) is 15.3. The lowest BCUT2D eigenvalue weighted by atomic mass is 9.78. The maximum atomic E-state index is 14.6. The number of carbonyl (C=O) groups is 3. The highest BCUT2D eigenvalue weighted by Crippen LogP contribution is 2.38. The number of cyclic esters (lactones) is 1. The quantitative estimate of drug-likeness (QED) is 0.0532. The molecule has 2 saturated heterocycles. The predicted molar refractivity (Wildman–Crippen MR) is 268 cm³/mol. The summed E-state index contributed by atoms with van der Waals surface area (Å²) in [5.41, 5.74) is 2.02. The minimum atomic E-state index is -2.40. The molecule has 0 unspecified atom stereocenters. The first kappa shape index (κ1) is 58.8. The Morgan fingerprint density at radius 1 is 0.871 bits per heavy atom. The minimum Gasteiger partial charge on any atom is -0.460 e. The molecule has 3 fully saturated rings. The minimum absolute atomic E-state index is 0.0522. The highest BCUT2D eigenvalue weighted by molar-refractivity contribution is 6.39. The van der Waals surface area contributed by atoms with E-state index in [1.165, 1.54) is 12.0 Å². The van der Waals surface area contributed by atoms with E-state index in [1.54, 1.807) is 28.3 Å². The number of esters is 1. The summed E-state index contributed by atoms with van der Waals surface area (Å²) in [6.45, 7) is 13.7. The predicted octanol–water partition coefficient (Wildman–Crippen LogP) is 7.06. The number of terminal acetylenes is 1. The fourth-order valence-electron chi connectivity index (χ4n) is 10.9. The number of aliphatic hydroxyl groups is 3. The van der Waals surface area contributed by atoms with Gasteiger partial charge in [-0.15, -0.1) is 6.42 Å². The molecule has 15 heteroatoms. The molecule has 16 atom stereocenters. The monoisotopic (exact) mass is 983 g/mol. The maximum absolute atomic E-state index is 14.6. The lowest BCUT2D eigenvalue weighted by Crippen LogP contribution is -2.61. The van der Waals surface area contributed by atoms with Crippen molar-refractivity contribution in [3.8, 4) is 12.3 Å². The molecule has 0 spiro atoms.